The van der Waals surface area contributed by atoms with Gasteiger partial charge in [0.1, 0.15) is 0 Å². The van der Waals surface area contributed by atoms with Crippen molar-refractivity contribution in [2.45, 2.75) is 83.8 Å². The van der Waals surface area contributed by atoms with Crippen molar-refractivity contribution >= 4 is 0 Å². The Balaban J connectivity index is 1.43. The number of hydrogen-bond donors (Lipinski definition) is 0. The highest BCUT2D eigenvalue weighted by atomic mass is 16.5. The van der Waals surface area contributed by atoms with E-state index in [0.29, 0.717) is 11.5 Å². The fourth-order valence-electron chi connectivity index (χ4n) is 4.36. The first-order chi connectivity index (χ1) is 9.97. The molecule has 0 bridgehead atoms. The van der Waals surface area contributed by atoms with E-state index in [4.69, 9.17) is 9.47 Å². The molecule has 2 nitrogen and oxygen atoms in total. The SMILES string of the molecule is CC(C)(C)C1CCC(OCC2=CC3(CCCC3)OC2)CC1. The van der Waals surface area contributed by atoms with E-state index >= 15 is 0 Å². The van der Waals surface area contributed by atoms with Crippen LogP contribution in [0.5, 0.6) is 0 Å². The number of ether oxygens (including phenoxy) is 2. The standard InChI is InChI=1S/C19H32O2/c1-18(2,3)16-6-8-17(9-7-16)20-13-15-12-19(21-14-15)10-4-5-11-19/h12,16-17H,4-11,13-14H2,1-3H3. The van der Waals surface area contributed by atoms with E-state index in [0.717, 1.165) is 19.1 Å². The second-order valence-corrected chi connectivity index (χ2v) is 8.51. The van der Waals surface area contributed by atoms with Crippen LogP contribution >= 0.6 is 0 Å². The average molecular weight is 292 g/mol. The summed E-state index contributed by atoms with van der Waals surface area (Å²) in [6.07, 6.45) is 13.1. The van der Waals surface area contributed by atoms with Crippen molar-refractivity contribution in [2.75, 3.05) is 13.2 Å². The molecule has 2 aliphatic carbocycles. The molecule has 21 heavy (non-hydrogen) atoms. The minimum absolute atomic E-state index is 0.0998. The number of rotatable bonds is 3. The Hall–Kier alpha value is -0.340. The summed E-state index contributed by atoms with van der Waals surface area (Å²) in [6, 6.07) is 0. The van der Waals surface area contributed by atoms with Crippen molar-refractivity contribution in [2.24, 2.45) is 11.3 Å². The van der Waals surface area contributed by atoms with Gasteiger partial charge in [-0.3, -0.25) is 0 Å². The molecule has 0 saturated heterocycles. The number of hydrogen-bond acceptors (Lipinski definition) is 2. The summed E-state index contributed by atoms with van der Waals surface area (Å²) in [4.78, 5) is 0. The molecule has 1 spiro atoms. The van der Waals surface area contributed by atoms with Crippen LogP contribution in [0.4, 0.5) is 0 Å². The maximum absolute atomic E-state index is 6.18. The van der Waals surface area contributed by atoms with Gasteiger partial charge in [-0.25, -0.2) is 0 Å². The van der Waals surface area contributed by atoms with Gasteiger partial charge in [0.15, 0.2) is 0 Å². The minimum atomic E-state index is 0.0998. The van der Waals surface area contributed by atoms with E-state index in [1.54, 1.807) is 0 Å². The summed E-state index contributed by atoms with van der Waals surface area (Å²) in [7, 11) is 0. The Labute approximate surface area is 130 Å². The Morgan fingerprint density at radius 1 is 1.14 bits per heavy atom. The minimum Gasteiger partial charge on any atom is -0.374 e. The first-order valence-electron chi connectivity index (χ1n) is 8.93. The molecule has 0 aromatic rings. The molecular formula is C19H32O2. The molecule has 3 rings (SSSR count). The van der Waals surface area contributed by atoms with Crippen LogP contribution in [0.15, 0.2) is 11.6 Å². The largest absolute Gasteiger partial charge is 0.374 e. The van der Waals surface area contributed by atoms with Crippen molar-refractivity contribution in [3.05, 3.63) is 11.6 Å². The lowest BCUT2D eigenvalue weighted by Gasteiger charge is -2.36. The predicted molar refractivity (Wildman–Crippen MR) is 86.4 cm³/mol. The molecule has 0 amide bonds. The lowest BCUT2D eigenvalue weighted by atomic mass is 9.72. The third-order valence-corrected chi connectivity index (χ3v) is 5.87. The zero-order valence-corrected chi connectivity index (χ0v) is 14.1. The maximum Gasteiger partial charge on any atom is 0.0871 e. The fraction of sp³-hybridized carbons (Fsp3) is 0.895. The van der Waals surface area contributed by atoms with Crippen molar-refractivity contribution < 1.29 is 9.47 Å². The maximum atomic E-state index is 6.18. The highest BCUT2D eigenvalue weighted by molar-refractivity contribution is 5.19. The highest BCUT2D eigenvalue weighted by Crippen LogP contribution is 2.40. The van der Waals surface area contributed by atoms with Crippen LogP contribution in [0.25, 0.3) is 0 Å². The normalized spacial score (nSPS) is 32.6. The van der Waals surface area contributed by atoms with Gasteiger partial charge < -0.3 is 9.47 Å². The molecule has 2 fully saturated rings. The topological polar surface area (TPSA) is 18.5 Å². The van der Waals surface area contributed by atoms with Crippen LogP contribution in [0, 0.1) is 11.3 Å². The summed E-state index contributed by atoms with van der Waals surface area (Å²) in [5.74, 6) is 0.869. The molecule has 0 N–H and O–H groups in total. The van der Waals surface area contributed by atoms with Crippen LogP contribution in [0.2, 0.25) is 0 Å². The molecule has 120 valence electrons. The Bertz CT molecular complexity index is 377. The van der Waals surface area contributed by atoms with E-state index in [1.807, 2.05) is 0 Å². The molecule has 0 aromatic carbocycles. The van der Waals surface area contributed by atoms with Gasteiger partial charge in [0.05, 0.1) is 24.9 Å². The van der Waals surface area contributed by atoms with Crippen LogP contribution in [0.1, 0.15) is 72.1 Å². The zero-order chi connectivity index (χ0) is 14.9. The lowest BCUT2D eigenvalue weighted by Crippen LogP contribution is -2.29. The molecular weight excluding hydrogens is 260 g/mol. The van der Waals surface area contributed by atoms with Gasteiger partial charge in [0.25, 0.3) is 0 Å². The van der Waals surface area contributed by atoms with Crippen LogP contribution in [-0.2, 0) is 9.47 Å². The van der Waals surface area contributed by atoms with Crippen molar-refractivity contribution in [3.8, 4) is 0 Å². The van der Waals surface area contributed by atoms with Crippen LogP contribution in [-0.4, -0.2) is 24.9 Å². The lowest BCUT2D eigenvalue weighted by molar-refractivity contribution is 0.00544. The molecule has 1 aliphatic heterocycles. The van der Waals surface area contributed by atoms with Crippen LogP contribution in [0.3, 0.4) is 0 Å². The summed E-state index contributed by atoms with van der Waals surface area (Å²) in [5.41, 5.74) is 1.94. The van der Waals surface area contributed by atoms with Gasteiger partial charge >= 0.3 is 0 Å². The monoisotopic (exact) mass is 292 g/mol. The van der Waals surface area contributed by atoms with Gasteiger partial charge in [-0.2, -0.15) is 0 Å². The molecule has 0 aromatic heterocycles. The average Bonchev–Trinajstić information content (AvgIpc) is 3.07. The van der Waals surface area contributed by atoms with Gasteiger partial charge in [0.2, 0.25) is 0 Å². The van der Waals surface area contributed by atoms with E-state index in [1.165, 1.54) is 56.9 Å². The van der Waals surface area contributed by atoms with Crippen molar-refractivity contribution in [1.29, 1.82) is 0 Å². The Morgan fingerprint density at radius 2 is 1.81 bits per heavy atom. The van der Waals surface area contributed by atoms with Gasteiger partial charge in [0, 0.05) is 0 Å². The second kappa shape index (κ2) is 6.04. The van der Waals surface area contributed by atoms with Crippen molar-refractivity contribution in [1.82, 2.24) is 0 Å². The van der Waals surface area contributed by atoms with Crippen LogP contribution < -0.4 is 0 Å². The highest BCUT2D eigenvalue weighted by Gasteiger charge is 2.37. The molecule has 0 atom stereocenters. The Morgan fingerprint density at radius 3 is 2.43 bits per heavy atom. The first kappa shape index (κ1) is 15.6. The smallest absolute Gasteiger partial charge is 0.0871 e. The molecule has 3 aliphatic rings. The summed E-state index contributed by atoms with van der Waals surface area (Å²) in [6.45, 7) is 8.73. The third kappa shape index (κ3) is 3.71. The summed E-state index contributed by atoms with van der Waals surface area (Å²) in [5, 5.41) is 0. The third-order valence-electron chi connectivity index (χ3n) is 5.87. The summed E-state index contributed by atoms with van der Waals surface area (Å²) < 4.78 is 12.2. The van der Waals surface area contributed by atoms with E-state index in [9.17, 15) is 0 Å². The molecule has 2 heteroatoms. The predicted octanol–water partition coefficient (Wildman–Crippen LogP) is 4.88. The summed E-state index contributed by atoms with van der Waals surface area (Å²) >= 11 is 0. The quantitative estimate of drug-likeness (QED) is 0.690. The van der Waals surface area contributed by atoms with E-state index in [-0.39, 0.29) is 5.60 Å². The van der Waals surface area contributed by atoms with E-state index in [2.05, 4.69) is 26.8 Å². The molecule has 0 radical (unpaired) electrons. The van der Waals surface area contributed by atoms with E-state index < -0.39 is 0 Å². The molecule has 2 saturated carbocycles. The van der Waals surface area contributed by atoms with Gasteiger partial charge in [-0.15, -0.1) is 0 Å². The molecule has 0 unspecified atom stereocenters. The Kier molecular flexibility index (Phi) is 4.47. The molecule has 1 heterocycles. The van der Waals surface area contributed by atoms with Gasteiger partial charge in [-0.1, -0.05) is 33.6 Å². The second-order valence-electron chi connectivity index (χ2n) is 8.51. The van der Waals surface area contributed by atoms with Gasteiger partial charge in [-0.05, 0) is 61.5 Å². The van der Waals surface area contributed by atoms with Crippen molar-refractivity contribution in [3.63, 3.8) is 0 Å². The zero-order valence-electron chi connectivity index (χ0n) is 14.1. The first-order valence-corrected chi connectivity index (χ1v) is 8.93. The fourth-order valence-corrected chi connectivity index (χ4v) is 4.36.